The molecule has 0 heterocycles. The van der Waals surface area contributed by atoms with Crippen LogP contribution in [0.4, 0.5) is 0 Å². The van der Waals surface area contributed by atoms with Gasteiger partial charge >= 0.3 is 0 Å². The van der Waals surface area contributed by atoms with Crippen molar-refractivity contribution in [1.29, 1.82) is 0 Å². The van der Waals surface area contributed by atoms with Crippen LogP contribution in [0.25, 0.3) is 0 Å². The molecule has 0 aliphatic heterocycles. The summed E-state index contributed by atoms with van der Waals surface area (Å²) in [5.41, 5.74) is 0.880. The van der Waals surface area contributed by atoms with Crippen LogP contribution in [0.3, 0.4) is 0 Å². The maximum atomic E-state index is 10.2. The first-order chi connectivity index (χ1) is 6.74. The standard InChI is InChI=1S/C10H16O4/c1-7-8(5-12-2)10(13-3)4-9(7)14-6-11/h6,8-10H,1,4-5H2,2-3H3/t8-,9+,10-/m0/s1. The van der Waals surface area contributed by atoms with Crippen molar-refractivity contribution in [1.82, 2.24) is 0 Å². The molecule has 0 N–H and O–H groups in total. The van der Waals surface area contributed by atoms with Crippen LogP contribution in [0, 0.1) is 5.92 Å². The number of hydrogen-bond acceptors (Lipinski definition) is 4. The summed E-state index contributed by atoms with van der Waals surface area (Å²) in [6.07, 6.45) is 0.479. The number of rotatable bonds is 5. The zero-order valence-corrected chi connectivity index (χ0v) is 8.56. The molecule has 1 fully saturated rings. The minimum absolute atomic E-state index is 0.0346. The lowest BCUT2D eigenvalue weighted by Crippen LogP contribution is -2.21. The molecule has 1 rings (SSSR count). The van der Waals surface area contributed by atoms with Gasteiger partial charge in [0.2, 0.25) is 0 Å². The lowest BCUT2D eigenvalue weighted by molar-refractivity contribution is -0.132. The molecule has 1 saturated carbocycles. The zero-order valence-electron chi connectivity index (χ0n) is 8.56. The third kappa shape index (κ3) is 2.13. The van der Waals surface area contributed by atoms with Crippen molar-refractivity contribution >= 4 is 6.47 Å². The molecule has 14 heavy (non-hydrogen) atoms. The Morgan fingerprint density at radius 3 is 2.79 bits per heavy atom. The van der Waals surface area contributed by atoms with Crippen LogP contribution in [0.15, 0.2) is 12.2 Å². The first-order valence-electron chi connectivity index (χ1n) is 4.54. The van der Waals surface area contributed by atoms with Crippen molar-refractivity contribution in [3.63, 3.8) is 0 Å². The fourth-order valence-corrected chi connectivity index (χ4v) is 1.87. The highest BCUT2D eigenvalue weighted by Gasteiger charge is 2.38. The van der Waals surface area contributed by atoms with Gasteiger partial charge in [-0.05, 0) is 5.57 Å². The van der Waals surface area contributed by atoms with E-state index >= 15 is 0 Å². The Kier molecular flexibility index (Phi) is 4.10. The van der Waals surface area contributed by atoms with E-state index in [9.17, 15) is 4.79 Å². The van der Waals surface area contributed by atoms with Crippen LogP contribution in [-0.2, 0) is 19.0 Å². The van der Waals surface area contributed by atoms with Gasteiger partial charge in [-0.3, -0.25) is 4.79 Å². The predicted molar refractivity (Wildman–Crippen MR) is 50.9 cm³/mol. The third-order valence-corrected chi connectivity index (χ3v) is 2.65. The molecule has 0 unspecified atom stereocenters. The molecule has 0 aromatic carbocycles. The number of ether oxygens (including phenoxy) is 3. The summed E-state index contributed by atoms with van der Waals surface area (Å²) in [5.74, 6) is 0.120. The molecule has 4 nitrogen and oxygen atoms in total. The summed E-state index contributed by atoms with van der Waals surface area (Å²) in [7, 11) is 3.28. The molecular formula is C10H16O4. The minimum atomic E-state index is -0.224. The van der Waals surface area contributed by atoms with Gasteiger partial charge < -0.3 is 14.2 Å². The highest BCUT2D eigenvalue weighted by molar-refractivity contribution is 5.39. The second kappa shape index (κ2) is 5.12. The molecule has 0 spiro atoms. The molecule has 1 aliphatic carbocycles. The first-order valence-corrected chi connectivity index (χ1v) is 4.54. The van der Waals surface area contributed by atoms with Crippen molar-refractivity contribution in [2.45, 2.75) is 18.6 Å². The number of methoxy groups -OCH3 is 2. The summed E-state index contributed by atoms with van der Waals surface area (Å²) in [4.78, 5) is 10.2. The first kappa shape index (κ1) is 11.2. The molecule has 0 aromatic heterocycles. The predicted octanol–water partition coefficient (Wildman–Crippen LogP) is 0.765. The van der Waals surface area contributed by atoms with Crippen molar-refractivity contribution in [3.8, 4) is 0 Å². The van der Waals surface area contributed by atoms with E-state index in [1.54, 1.807) is 14.2 Å². The second-order valence-electron chi connectivity index (χ2n) is 3.37. The normalized spacial score (nSPS) is 31.9. The van der Waals surface area contributed by atoms with Gasteiger partial charge in [0.05, 0.1) is 12.7 Å². The van der Waals surface area contributed by atoms with Gasteiger partial charge in [-0.15, -0.1) is 0 Å². The maximum Gasteiger partial charge on any atom is 0.293 e. The summed E-state index contributed by atoms with van der Waals surface area (Å²) in [5, 5.41) is 0. The van der Waals surface area contributed by atoms with Gasteiger partial charge in [0.1, 0.15) is 6.10 Å². The minimum Gasteiger partial charge on any atom is -0.460 e. The van der Waals surface area contributed by atoms with Gasteiger partial charge in [0, 0.05) is 26.6 Å². The average molecular weight is 200 g/mol. The second-order valence-corrected chi connectivity index (χ2v) is 3.37. The van der Waals surface area contributed by atoms with Gasteiger partial charge in [0.15, 0.2) is 0 Å². The third-order valence-electron chi connectivity index (χ3n) is 2.65. The highest BCUT2D eigenvalue weighted by Crippen LogP contribution is 2.34. The molecule has 3 atom stereocenters. The molecular weight excluding hydrogens is 184 g/mol. The van der Waals surface area contributed by atoms with E-state index in [-0.39, 0.29) is 18.1 Å². The summed E-state index contributed by atoms with van der Waals surface area (Å²) >= 11 is 0. The molecule has 0 bridgehead atoms. The van der Waals surface area contributed by atoms with Crippen molar-refractivity contribution in [2.75, 3.05) is 20.8 Å². The Hall–Kier alpha value is -0.870. The van der Waals surface area contributed by atoms with Gasteiger partial charge in [-0.2, -0.15) is 0 Å². The van der Waals surface area contributed by atoms with Crippen molar-refractivity contribution in [3.05, 3.63) is 12.2 Å². The van der Waals surface area contributed by atoms with Crippen LogP contribution in [0.1, 0.15) is 6.42 Å². The number of carbonyl (C=O) groups is 1. The Morgan fingerprint density at radius 1 is 1.57 bits per heavy atom. The van der Waals surface area contributed by atoms with E-state index in [1.807, 2.05) is 0 Å². The van der Waals surface area contributed by atoms with Crippen LogP contribution < -0.4 is 0 Å². The SMILES string of the molecule is C=C1[C@H](OC=O)C[C@H](OC)[C@H]1COC. The number of hydrogen-bond donors (Lipinski definition) is 0. The summed E-state index contributed by atoms with van der Waals surface area (Å²) in [6.45, 7) is 4.92. The number of carbonyl (C=O) groups excluding carboxylic acids is 1. The van der Waals surface area contributed by atoms with E-state index in [4.69, 9.17) is 14.2 Å². The Balaban J connectivity index is 2.63. The Bertz CT molecular complexity index is 214. The van der Waals surface area contributed by atoms with Crippen LogP contribution in [0.2, 0.25) is 0 Å². The molecule has 0 amide bonds. The van der Waals surface area contributed by atoms with E-state index in [1.165, 1.54) is 0 Å². The molecule has 4 heteroatoms. The van der Waals surface area contributed by atoms with Crippen molar-refractivity contribution in [2.24, 2.45) is 5.92 Å². The monoisotopic (exact) mass is 200 g/mol. The van der Waals surface area contributed by atoms with Crippen LogP contribution >= 0.6 is 0 Å². The molecule has 0 saturated heterocycles. The molecule has 0 radical (unpaired) electrons. The average Bonchev–Trinajstić information content (AvgIpc) is 2.47. The highest BCUT2D eigenvalue weighted by atomic mass is 16.5. The molecule has 1 aliphatic rings. The smallest absolute Gasteiger partial charge is 0.293 e. The summed E-state index contributed by atoms with van der Waals surface area (Å²) in [6, 6.07) is 0. The van der Waals surface area contributed by atoms with Gasteiger partial charge in [-0.1, -0.05) is 6.58 Å². The van der Waals surface area contributed by atoms with Crippen LogP contribution in [-0.4, -0.2) is 39.5 Å². The van der Waals surface area contributed by atoms with E-state index in [0.717, 1.165) is 5.57 Å². The van der Waals surface area contributed by atoms with Gasteiger partial charge in [-0.25, -0.2) is 0 Å². The van der Waals surface area contributed by atoms with Gasteiger partial charge in [0.25, 0.3) is 6.47 Å². The largest absolute Gasteiger partial charge is 0.460 e. The Morgan fingerprint density at radius 2 is 2.29 bits per heavy atom. The lowest BCUT2D eigenvalue weighted by Gasteiger charge is -2.17. The lowest BCUT2D eigenvalue weighted by atomic mass is 10.0. The quantitative estimate of drug-likeness (QED) is 0.485. The topological polar surface area (TPSA) is 44.8 Å². The summed E-state index contributed by atoms with van der Waals surface area (Å²) < 4.78 is 15.3. The van der Waals surface area contributed by atoms with E-state index < -0.39 is 0 Å². The van der Waals surface area contributed by atoms with E-state index in [0.29, 0.717) is 19.5 Å². The van der Waals surface area contributed by atoms with Crippen LogP contribution in [0.5, 0.6) is 0 Å². The maximum absolute atomic E-state index is 10.2. The Labute approximate surface area is 83.8 Å². The fraction of sp³-hybridized carbons (Fsp3) is 0.700. The molecule has 80 valence electrons. The molecule has 0 aromatic rings. The fourth-order valence-electron chi connectivity index (χ4n) is 1.87. The van der Waals surface area contributed by atoms with E-state index in [2.05, 4.69) is 6.58 Å². The van der Waals surface area contributed by atoms with Crippen molar-refractivity contribution < 1.29 is 19.0 Å². The zero-order chi connectivity index (χ0) is 10.6.